The fourth-order valence-corrected chi connectivity index (χ4v) is 5.60. The number of amides is 1. The van der Waals surface area contributed by atoms with Gasteiger partial charge in [0.05, 0.1) is 17.6 Å². The number of para-hydroxylation sites is 1. The average Bonchev–Trinajstić information content (AvgIpc) is 3.48. The Kier molecular flexibility index (Phi) is 7.00. The van der Waals surface area contributed by atoms with Gasteiger partial charge in [-0.15, -0.1) is 0 Å². The van der Waals surface area contributed by atoms with Crippen molar-refractivity contribution in [3.05, 3.63) is 71.4 Å². The first-order chi connectivity index (χ1) is 17.3. The number of fused-ring (bicyclic) bond motifs is 1. The number of nitrogens with one attached hydrogen (secondary N) is 3. The Labute approximate surface area is 208 Å². The number of carbonyl (C=O) groups is 1. The van der Waals surface area contributed by atoms with Crippen LogP contribution >= 0.6 is 0 Å². The fraction of sp³-hybridized carbons (Fsp3) is 0.333. The van der Waals surface area contributed by atoms with E-state index in [9.17, 15) is 40.4 Å². The zero-order valence-corrected chi connectivity index (χ0v) is 19.9. The van der Waals surface area contributed by atoms with Gasteiger partial charge in [0.1, 0.15) is 29.3 Å². The number of rotatable bonds is 9. The zero-order valence-electron chi connectivity index (χ0n) is 19.1. The van der Waals surface area contributed by atoms with Gasteiger partial charge in [0.2, 0.25) is 5.91 Å². The molecule has 1 aromatic heterocycles. The maximum atomic E-state index is 14.3. The van der Waals surface area contributed by atoms with E-state index in [-0.39, 0.29) is 18.9 Å². The minimum Gasteiger partial charge on any atom is -0.361 e. The van der Waals surface area contributed by atoms with Crippen LogP contribution < -0.4 is 10.6 Å². The van der Waals surface area contributed by atoms with Crippen molar-refractivity contribution in [1.29, 1.82) is 5.26 Å². The molecule has 1 fully saturated rings. The quantitative estimate of drug-likeness (QED) is 0.358. The Hall–Kier alpha value is -3.50. The molecule has 0 bridgehead atoms. The predicted molar refractivity (Wildman–Crippen MR) is 124 cm³/mol. The van der Waals surface area contributed by atoms with Crippen molar-refractivity contribution in [2.24, 2.45) is 0 Å². The van der Waals surface area contributed by atoms with E-state index in [2.05, 4.69) is 10.3 Å². The van der Waals surface area contributed by atoms with E-state index in [4.69, 9.17) is 0 Å². The molecular weight excluding hydrogens is 519 g/mol. The van der Waals surface area contributed by atoms with E-state index >= 15 is 0 Å². The second kappa shape index (κ2) is 9.75. The summed E-state index contributed by atoms with van der Waals surface area (Å²) in [5.41, 5.74) is -1.31. The molecule has 3 N–H and O–H groups in total. The topological polar surface area (TPSA) is 115 Å². The summed E-state index contributed by atoms with van der Waals surface area (Å²) in [6.07, 6.45) is -3.23. The molecule has 2 atom stereocenters. The number of hydrogen-bond donors (Lipinski definition) is 3. The summed E-state index contributed by atoms with van der Waals surface area (Å²) < 4.78 is 95.7. The van der Waals surface area contributed by atoms with Crippen LogP contribution in [0.1, 0.15) is 30.0 Å². The lowest BCUT2D eigenvalue weighted by atomic mass is 10.0. The van der Waals surface area contributed by atoms with Crippen molar-refractivity contribution in [2.75, 3.05) is 5.75 Å². The van der Waals surface area contributed by atoms with Crippen molar-refractivity contribution in [3.63, 3.8) is 0 Å². The maximum Gasteiger partial charge on any atom is 0.408 e. The highest BCUT2D eigenvalue weighted by atomic mass is 32.2. The number of hydrogen-bond acceptors (Lipinski definition) is 5. The van der Waals surface area contributed by atoms with Gasteiger partial charge in [-0.1, -0.05) is 24.3 Å². The molecule has 13 heteroatoms. The zero-order chi connectivity index (χ0) is 27.0. The summed E-state index contributed by atoms with van der Waals surface area (Å²) in [6, 6.07) is 5.27. The van der Waals surface area contributed by atoms with Crippen LogP contribution in [-0.2, 0) is 20.4 Å². The number of aromatic amines is 1. The number of alkyl halides is 3. The molecule has 0 spiro atoms. The minimum absolute atomic E-state index is 0.249. The Morgan fingerprint density at radius 2 is 1.86 bits per heavy atom. The summed E-state index contributed by atoms with van der Waals surface area (Å²) in [6.45, 7) is 0. The monoisotopic (exact) mass is 540 g/mol. The second-order valence-corrected chi connectivity index (χ2v) is 11.1. The van der Waals surface area contributed by atoms with Crippen molar-refractivity contribution in [3.8, 4) is 6.07 Å². The Morgan fingerprint density at radius 1 is 1.16 bits per heavy atom. The lowest BCUT2D eigenvalue weighted by molar-refractivity contribution is -0.161. The van der Waals surface area contributed by atoms with Crippen LogP contribution in [0.3, 0.4) is 0 Å². The number of halogens is 5. The van der Waals surface area contributed by atoms with E-state index in [1.165, 1.54) is 6.20 Å². The highest BCUT2D eigenvalue weighted by Crippen LogP contribution is 2.36. The van der Waals surface area contributed by atoms with Gasteiger partial charge in [-0.2, -0.15) is 18.4 Å². The lowest BCUT2D eigenvalue weighted by Gasteiger charge is -2.28. The molecule has 0 aliphatic heterocycles. The van der Waals surface area contributed by atoms with Crippen LogP contribution in [0, 0.1) is 23.0 Å². The van der Waals surface area contributed by atoms with E-state index in [1.54, 1.807) is 24.3 Å². The second-order valence-electron chi connectivity index (χ2n) is 8.96. The van der Waals surface area contributed by atoms with Gasteiger partial charge in [0, 0.05) is 28.7 Å². The van der Waals surface area contributed by atoms with Crippen molar-refractivity contribution < 1.29 is 35.2 Å². The van der Waals surface area contributed by atoms with Gasteiger partial charge < -0.3 is 10.3 Å². The molecule has 3 aromatic rings. The first kappa shape index (κ1) is 26.6. The molecule has 37 heavy (non-hydrogen) atoms. The third-order valence-corrected chi connectivity index (χ3v) is 7.67. The first-order valence-corrected chi connectivity index (χ1v) is 12.9. The highest BCUT2D eigenvalue weighted by molar-refractivity contribution is 7.90. The van der Waals surface area contributed by atoms with Gasteiger partial charge in [0.15, 0.2) is 9.84 Å². The number of benzene rings is 2. The van der Waals surface area contributed by atoms with Crippen molar-refractivity contribution >= 4 is 26.6 Å². The third kappa shape index (κ3) is 6.08. The largest absolute Gasteiger partial charge is 0.408 e. The van der Waals surface area contributed by atoms with Crippen molar-refractivity contribution in [1.82, 2.24) is 15.6 Å². The van der Waals surface area contributed by atoms with E-state index < -0.39 is 68.2 Å². The van der Waals surface area contributed by atoms with E-state index in [0.29, 0.717) is 28.6 Å². The minimum atomic E-state index is -5.18. The van der Waals surface area contributed by atoms with Crippen LogP contribution in [0.25, 0.3) is 10.9 Å². The molecule has 1 aliphatic carbocycles. The molecule has 1 amide bonds. The normalized spacial score (nSPS) is 16.6. The van der Waals surface area contributed by atoms with E-state index in [1.807, 2.05) is 11.4 Å². The van der Waals surface area contributed by atoms with Crippen LogP contribution in [-0.4, -0.2) is 42.8 Å². The maximum absolute atomic E-state index is 14.3. The Morgan fingerprint density at radius 3 is 2.49 bits per heavy atom. The predicted octanol–water partition coefficient (Wildman–Crippen LogP) is 3.80. The van der Waals surface area contributed by atoms with Gasteiger partial charge in [-0.25, -0.2) is 17.2 Å². The molecule has 0 radical (unpaired) electrons. The fourth-order valence-electron chi connectivity index (χ4n) is 4.01. The number of carbonyl (C=O) groups excluding carboxylic acids is 1. The number of sulfone groups is 1. The van der Waals surface area contributed by atoms with Gasteiger partial charge in [-0.05, 0) is 30.5 Å². The van der Waals surface area contributed by atoms with E-state index in [0.717, 1.165) is 0 Å². The smallest absolute Gasteiger partial charge is 0.361 e. The Balaban J connectivity index is 1.65. The lowest BCUT2D eigenvalue weighted by Crippen LogP contribution is -2.54. The molecule has 0 unspecified atom stereocenters. The van der Waals surface area contributed by atoms with Gasteiger partial charge in [0.25, 0.3) is 0 Å². The summed E-state index contributed by atoms with van der Waals surface area (Å²) in [4.78, 5) is 15.9. The van der Waals surface area contributed by atoms with Gasteiger partial charge in [-0.3, -0.25) is 10.1 Å². The molecular formula is C24H21F5N4O3S. The number of nitrogens with zero attached hydrogens (tertiary/aromatic N) is 1. The first-order valence-electron chi connectivity index (χ1n) is 11.1. The standard InChI is InChI=1S/C24H21F5N4O3S/c25-15-5-6-17(18(26)9-15)21(24(27,28)29)32-20(22(34)33-23(13-30)7-8-23)12-37(35,36)11-14-10-31-19-4-2-1-3-16(14)19/h1-6,9-10,20-21,31-32H,7-8,11-12H2,(H,33,34)/t20-,21-/m0/s1. The third-order valence-electron chi connectivity index (χ3n) is 6.08. The summed E-state index contributed by atoms with van der Waals surface area (Å²) in [7, 11) is -4.22. The highest BCUT2D eigenvalue weighted by Gasteiger charge is 2.48. The molecule has 7 nitrogen and oxygen atoms in total. The molecule has 4 rings (SSSR count). The molecule has 1 aliphatic rings. The Bertz CT molecular complexity index is 1480. The molecule has 1 heterocycles. The molecule has 2 aromatic carbocycles. The van der Waals surface area contributed by atoms with Crippen LogP contribution in [0.4, 0.5) is 22.0 Å². The molecule has 0 saturated heterocycles. The molecule has 196 valence electrons. The summed E-state index contributed by atoms with van der Waals surface area (Å²) in [5.74, 6) is -5.45. The van der Waals surface area contributed by atoms with Crippen LogP contribution in [0.5, 0.6) is 0 Å². The SMILES string of the molecule is N#CC1(NC(=O)[C@H](CS(=O)(=O)Cc2c[nH]c3ccccc23)N[C@@H](c2ccc(F)cc2F)C(F)(F)F)CC1. The van der Waals surface area contributed by atoms with Gasteiger partial charge >= 0.3 is 6.18 Å². The number of H-pyrrole nitrogens is 1. The summed E-state index contributed by atoms with van der Waals surface area (Å²) >= 11 is 0. The van der Waals surface area contributed by atoms with Crippen LogP contribution in [0.15, 0.2) is 48.7 Å². The molecule has 1 saturated carbocycles. The summed E-state index contributed by atoms with van der Waals surface area (Å²) in [5, 5.41) is 14.1. The average molecular weight is 541 g/mol. The van der Waals surface area contributed by atoms with Crippen molar-refractivity contribution in [2.45, 2.75) is 42.4 Å². The van der Waals surface area contributed by atoms with Crippen LogP contribution in [0.2, 0.25) is 0 Å². The number of nitriles is 1. The number of aromatic nitrogens is 1.